The smallest absolute Gasteiger partial charge is 0.251 e. The molecular weight excluding hydrogens is 434 g/mol. The van der Waals surface area contributed by atoms with Crippen molar-refractivity contribution in [1.29, 1.82) is 0 Å². The third kappa shape index (κ3) is 3.52. The fourth-order valence-corrected chi connectivity index (χ4v) is 6.38. The van der Waals surface area contributed by atoms with Gasteiger partial charge in [-0.05, 0) is 37.7 Å². The Morgan fingerprint density at radius 3 is 2.76 bits per heavy atom. The Kier molecular flexibility index (Phi) is 4.96. The molecule has 0 unspecified atom stereocenters. The van der Waals surface area contributed by atoms with E-state index >= 15 is 0 Å². The van der Waals surface area contributed by atoms with E-state index in [2.05, 4.69) is 27.3 Å². The molecule has 3 aromatic heterocycles. The molecule has 7 nitrogen and oxygen atoms in total. The van der Waals surface area contributed by atoms with Crippen LogP contribution in [-0.4, -0.2) is 44.7 Å². The van der Waals surface area contributed by atoms with Crippen LogP contribution >= 0.6 is 11.8 Å². The zero-order valence-corrected chi connectivity index (χ0v) is 19.7. The molecule has 2 aliphatic heterocycles. The van der Waals surface area contributed by atoms with Crippen molar-refractivity contribution in [2.24, 2.45) is 12.5 Å². The predicted molar refractivity (Wildman–Crippen MR) is 130 cm³/mol. The van der Waals surface area contributed by atoms with E-state index in [1.54, 1.807) is 22.4 Å². The number of aryl methyl sites for hydroxylation is 1. The first-order valence-electron chi connectivity index (χ1n) is 11.5. The largest absolute Gasteiger partial charge is 0.378 e. The van der Waals surface area contributed by atoms with Crippen LogP contribution in [0.2, 0.25) is 0 Å². The number of pyridine rings is 1. The second-order valence-electron chi connectivity index (χ2n) is 9.38. The Hall–Kier alpha value is -2.84. The molecule has 1 spiro atoms. The highest BCUT2D eigenvalue weighted by Crippen LogP contribution is 2.43. The summed E-state index contributed by atoms with van der Waals surface area (Å²) >= 11 is 1.55. The van der Waals surface area contributed by atoms with Gasteiger partial charge in [-0.1, -0.05) is 30.0 Å². The molecule has 0 radical (unpaired) electrons. The lowest BCUT2D eigenvalue weighted by molar-refractivity contribution is 0.0975. The van der Waals surface area contributed by atoms with Crippen LogP contribution in [0.15, 0.2) is 63.5 Å². The van der Waals surface area contributed by atoms with Crippen LogP contribution in [-0.2, 0) is 11.8 Å². The van der Waals surface area contributed by atoms with E-state index in [1.807, 2.05) is 43.8 Å². The van der Waals surface area contributed by atoms with Crippen molar-refractivity contribution < 1.29 is 4.74 Å². The number of benzene rings is 1. The zero-order chi connectivity index (χ0) is 22.6. The highest BCUT2D eigenvalue weighted by atomic mass is 32.2. The number of para-hydroxylation sites is 1. The third-order valence-corrected chi connectivity index (χ3v) is 8.28. The van der Waals surface area contributed by atoms with Gasteiger partial charge in [-0.2, -0.15) is 0 Å². The lowest BCUT2D eigenvalue weighted by atomic mass is 9.77. The molecule has 0 N–H and O–H groups in total. The maximum absolute atomic E-state index is 12.5. The number of piperidine rings is 1. The second-order valence-corrected chi connectivity index (χ2v) is 10.5. The van der Waals surface area contributed by atoms with E-state index in [9.17, 15) is 4.79 Å². The average Bonchev–Trinajstić information content (AvgIpc) is 3.46. The maximum Gasteiger partial charge on any atom is 0.251 e. The topological polar surface area (TPSA) is 64.7 Å². The summed E-state index contributed by atoms with van der Waals surface area (Å²) < 4.78 is 9.65. The van der Waals surface area contributed by atoms with Gasteiger partial charge >= 0.3 is 0 Å². The zero-order valence-electron chi connectivity index (χ0n) is 18.9. The Bertz CT molecular complexity index is 1400. The molecule has 0 saturated carbocycles. The predicted octanol–water partition coefficient (Wildman–Crippen LogP) is 4.13. The molecule has 0 amide bonds. The summed E-state index contributed by atoms with van der Waals surface area (Å²) in [5.41, 5.74) is 2.10. The molecule has 0 bridgehead atoms. The Morgan fingerprint density at radius 2 is 1.97 bits per heavy atom. The van der Waals surface area contributed by atoms with Gasteiger partial charge in [-0.25, -0.2) is 9.97 Å². The van der Waals surface area contributed by atoms with Gasteiger partial charge < -0.3 is 14.2 Å². The van der Waals surface area contributed by atoms with E-state index in [-0.39, 0.29) is 5.56 Å². The Morgan fingerprint density at radius 1 is 1.15 bits per heavy atom. The van der Waals surface area contributed by atoms with Crippen LogP contribution < -0.4 is 10.5 Å². The molecule has 5 heterocycles. The molecule has 4 aromatic rings. The Labute approximate surface area is 196 Å². The normalized spacial score (nSPS) is 20.3. The van der Waals surface area contributed by atoms with Crippen molar-refractivity contribution in [2.75, 3.05) is 24.6 Å². The molecule has 1 atom stereocenters. The summed E-state index contributed by atoms with van der Waals surface area (Å²) in [6.07, 6.45) is 9.50. The van der Waals surface area contributed by atoms with Crippen LogP contribution in [0.1, 0.15) is 26.2 Å². The molecule has 33 heavy (non-hydrogen) atoms. The van der Waals surface area contributed by atoms with Crippen LogP contribution in [0.3, 0.4) is 0 Å². The van der Waals surface area contributed by atoms with Gasteiger partial charge in [0, 0.05) is 55.1 Å². The van der Waals surface area contributed by atoms with Crippen molar-refractivity contribution >= 4 is 34.3 Å². The van der Waals surface area contributed by atoms with Crippen LogP contribution in [0.4, 0.5) is 5.95 Å². The van der Waals surface area contributed by atoms with Gasteiger partial charge in [0.25, 0.3) is 5.56 Å². The molecule has 2 aliphatic rings. The number of hydrogen-bond acceptors (Lipinski definition) is 6. The summed E-state index contributed by atoms with van der Waals surface area (Å²) in [5, 5.41) is 1.05. The monoisotopic (exact) mass is 461 g/mol. The summed E-state index contributed by atoms with van der Waals surface area (Å²) in [6.45, 7) is 5.01. The summed E-state index contributed by atoms with van der Waals surface area (Å²) in [6, 6.07) is 9.70. The standard InChI is InChI=1S/C25H27N5O2S/c1-17-14-25(16-32-17)7-10-29(11-8-25)24-27-15-21(23-26-9-12-30(23)24)33-20-13-22(31)28(2)19-6-4-3-5-18(19)20/h3-6,9,12-13,15,17H,7-8,10-11,14,16H2,1-2H3/t17-/m0/s1. The van der Waals surface area contributed by atoms with E-state index in [0.29, 0.717) is 11.5 Å². The molecule has 2 saturated heterocycles. The van der Waals surface area contributed by atoms with Crippen LogP contribution in [0, 0.1) is 5.41 Å². The molecular formula is C25H27N5O2S. The lowest BCUT2D eigenvalue weighted by Crippen LogP contribution is -2.41. The highest BCUT2D eigenvalue weighted by molar-refractivity contribution is 7.99. The molecule has 1 aromatic carbocycles. The van der Waals surface area contributed by atoms with Crippen molar-refractivity contribution in [3.05, 3.63) is 59.3 Å². The number of imidazole rings is 1. The average molecular weight is 462 g/mol. The van der Waals surface area contributed by atoms with Crippen LogP contribution in [0.5, 0.6) is 0 Å². The van der Waals surface area contributed by atoms with E-state index in [0.717, 1.165) is 71.2 Å². The summed E-state index contributed by atoms with van der Waals surface area (Å²) in [4.78, 5) is 26.3. The summed E-state index contributed by atoms with van der Waals surface area (Å²) in [5.74, 6) is 0.933. The fourth-order valence-electron chi connectivity index (χ4n) is 5.35. The molecule has 170 valence electrons. The molecule has 6 rings (SSSR count). The molecule has 0 aliphatic carbocycles. The van der Waals surface area contributed by atoms with Crippen molar-refractivity contribution in [3.63, 3.8) is 0 Å². The molecule has 8 heteroatoms. The first kappa shape index (κ1) is 20.7. The minimum absolute atomic E-state index is 0.0207. The molecule has 2 fully saturated rings. The maximum atomic E-state index is 12.5. The van der Waals surface area contributed by atoms with Gasteiger partial charge in [0.2, 0.25) is 5.95 Å². The van der Waals surface area contributed by atoms with Gasteiger partial charge in [0.1, 0.15) is 0 Å². The van der Waals surface area contributed by atoms with E-state index in [4.69, 9.17) is 9.72 Å². The lowest BCUT2D eigenvalue weighted by Gasteiger charge is -2.39. The number of hydrogen-bond donors (Lipinski definition) is 0. The first-order chi connectivity index (χ1) is 16.0. The van der Waals surface area contributed by atoms with Crippen molar-refractivity contribution in [3.8, 4) is 0 Å². The fraction of sp³-hybridized carbons (Fsp3) is 0.400. The number of fused-ring (bicyclic) bond motifs is 2. The van der Waals surface area contributed by atoms with Crippen LogP contribution in [0.25, 0.3) is 16.6 Å². The number of nitrogens with zero attached hydrogens (tertiary/aromatic N) is 5. The minimum Gasteiger partial charge on any atom is -0.378 e. The van der Waals surface area contributed by atoms with Gasteiger partial charge in [-0.15, -0.1) is 0 Å². The summed E-state index contributed by atoms with van der Waals surface area (Å²) in [7, 11) is 1.81. The number of aromatic nitrogens is 4. The first-order valence-corrected chi connectivity index (χ1v) is 12.3. The van der Waals surface area contributed by atoms with Gasteiger partial charge in [-0.3, -0.25) is 9.20 Å². The number of anilines is 1. The van der Waals surface area contributed by atoms with Gasteiger partial charge in [0.15, 0.2) is 5.65 Å². The number of ether oxygens (including phenoxy) is 1. The van der Waals surface area contributed by atoms with E-state index in [1.165, 1.54) is 0 Å². The van der Waals surface area contributed by atoms with Gasteiger partial charge in [0.05, 0.1) is 23.1 Å². The quantitative estimate of drug-likeness (QED) is 0.457. The highest BCUT2D eigenvalue weighted by Gasteiger charge is 2.41. The Balaban J connectivity index is 1.32. The number of rotatable bonds is 3. The SMILES string of the molecule is C[C@H]1CC2(CCN(c3ncc(Sc4cc(=O)n(C)c5ccccc45)c4nccn34)CC2)CO1. The third-order valence-electron chi connectivity index (χ3n) is 7.21. The second kappa shape index (κ2) is 7.88. The minimum atomic E-state index is -0.0207. The van der Waals surface area contributed by atoms with E-state index < -0.39 is 0 Å². The van der Waals surface area contributed by atoms with Crippen molar-refractivity contribution in [2.45, 2.75) is 42.1 Å². The van der Waals surface area contributed by atoms with Crippen molar-refractivity contribution in [1.82, 2.24) is 18.9 Å².